The Balaban J connectivity index is 1.97. The Labute approximate surface area is 97.0 Å². The molecular formula is C10H10ClN3O2. The summed E-state index contributed by atoms with van der Waals surface area (Å²) in [5.74, 6) is 0. The predicted octanol–water partition coefficient (Wildman–Crippen LogP) is 1.71. The number of oxazole rings is 1. The minimum atomic E-state index is 0.425. The van der Waals surface area contributed by atoms with E-state index in [2.05, 4.69) is 9.97 Å². The SMILES string of the molecule is Clc1ccc2oc(N3CCOCC3)nc2n1. The molecule has 2 aromatic heterocycles. The van der Waals surface area contributed by atoms with Crippen LogP contribution in [-0.2, 0) is 4.74 Å². The lowest BCUT2D eigenvalue weighted by atomic mass is 10.4. The van der Waals surface area contributed by atoms with Crippen molar-refractivity contribution < 1.29 is 9.15 Å². The Morgan fingerprint density at radius 2 is 2.00 bits per heavy atom. The van der Waals surface area contributed by atoms with Crippen LogP contribution in [0.4, 0.5) is 6.01 Å². The van der Waals surface area contributed by atoms with Gasteiger partial charge in [-0.15, -0.1) is 0 Å². The van der Waals surface area contributed by atoms with Gasteiger partial charge in [0.2, 0.25) is 5.65 Å². The van der Waals surface area contributed by atoms with Crippen molar-refractivity contribution in [3.63, 3.8) is 0 Å². The van der Waals surface area contributed by atoms with E-state index in [1.807, 2.05) is 4.90 Å². The van der Waals surface area contributed by atoms with E-state index < -0.39 is 0 Å². The fourth-order valence-electron chi connectivity index (χ4n) is 1.67. The van der Waals surface area contributed by atoms with Crippen LogP contribution >= 0.6 is 11.6 Å². The van der Waals surface area contributed by atoms with Crippen LogP contribution in [0.2, 0.25) is 5.15 Å². The molecule has 16 heavy (non-hydrogen) atoms. The zero-order chi connectivity index (χ0) is 11.0. The second-order valence-corrected chi connectivity index (χ2v) is 3.94. The Bertz CT molecular complexity index is 508. The van der Waals surface area contributed by atoms with Crippen LogP contribution in [0.15, 0.2) is 16.5 Å². The van der Waals surface area contributed by atoms with Crippen LogP contribution in [0.25, 0.3) is 11.2 Å². The maximum absolute atomic E-state index is 5.79. The van der Waals surface area contributed by atoms with E-state index >= 15 is 0 Å². The quantitative estimate of drug-likeness (QED) is 0.709. The second-order valence-electron chi connectivity index (χ2n) is 3.55. The van der Waals surface area contributed by atoms with Crippen molar-refractivity contribution in [1.82, 2.24) is 9.97 Å². The van der Waals surface area contributed by atoms with Crippen molar-refractivity contribution >= 4 is 28.8 Å². The third-order valence-corrected chi connectivity index (χ3v) is 2.70. The number of pyridine rings is 1. The summed E-state index contributed by atoms with van der Waals surface area (Å²) in [5, 5.41) is 0.425. The van der Waals surface area contributed by atoms with E-state index in [1.54, 1.807) is 12.1 Å². The van der Waals surface area contributed by atoms with E-state index in [1.165, 1.54) is 0 Å². The Morgan fingerprint density at radius 3 is 2.81 bits per heavy atom. The molecular weight excluding hydrogens is 230 g/mol. The molecule has 3 rings (SSSR count). The molecule has 0 spiro atoms. The third-order valence-electron chi connectivity index (χ3n) is 2.49. The lowest BCUT2D eigenvalue weighted by Gasteiger charge is -2.24. The van der Waals surface area contributed by atoms with Gasteiger partial charge in [0.05, 0.1) is 13.2 Å². The molecule has 3 heterocycles. The van der Waals surface area contributed by atoms with E-state index in [-0.39, 0.29) is 0 Å². The Hall–Kier alpha value is -1.33. The number of halogens is 1. The summed E-state index contributed by atoms with van der Waals surface area (Å²) in [5.41, 5.74) is 1.21. The summed E-state index contributed by atoms with van der Waals surface area (Å²) in [6.45, 7) is 2.99. The number of rotatable bonds is 1. The zero-order valence-electron chi connectivity index (χ0n) is 8.52. The average molecular weight is 240 g/mol. The monoisotopic (exact) mass is 239 g/mol. The molecule has 0 amide bonds. The van der Waals surface area contributed by atoms with Crippen molar-refractivity contribution in [1.29, 1.82) is 0 Å². The van der Waals surface area contributed by atoms with E-state index in [9.17, 15) is 0 Å². The molecule has 0 saturated carbocycles. The first-order chi connectivity index (χ1) is 7.83. The number of nitrogens with zero attached hydrogens (tertiary/aromatic N) is 3. The minimum Gasteiger partial charge on any atom is -0.422 e. The van der Waals surface area contributed by atoms with Gasteiger partial charge in [0.15, 0.2) is 5.58 Å². The highest BCUT2D eigenvalue weighted by molar-refractivity contribution is 6.29. The van der Waals surface area contributed by atoms with Crippen LogP contribution < -0.4 is 4.90 Å². The molecule has 0 radical (unpaired) electrons. The van der Waals surface area contributed by atoms with Gasteiger partial charge in [0.25, 0.3) is 6.01 Å². The summed E-state index contributed by atoms with van der Waals surface area (Å²) in [6, 6.07) is 4.06. The minimum absolute atomic E-state index is 0.425. The fraction of sp³-hybridized carbons (Fsp3) is 0.400. The van der Waals surface area contributed by atoms with Crippen LogP contribution in [-0.4, -0.2) is 36.3 Å². The third kappa shape index (κ3) is 1.72. The first kappa shape index (κ1) is 9.86. The van der Waals surface area contributed by atoms with E-state index in [4.69, 9.17) is 20.8 Å². The number of ether oxygens (including phenoxy) is 1. The highest BCUT2D eigenvalue weighted by atomic mass is 35.5. The summed E-state index contributed by atoms with van der Waals surface area (Å²) in [7, 11) is 0. The van der Waals surface area contributed by atoms with Gasteiger partial charge in [-0.05, 0) is 12.1 Å². The topological polar surface area (TPSA) is 51.4 Å². The van der Waals surface area contributed by atoms with Gasteiger partial charge in [-0.2, -0.15) is 4.98 Å². The molecule has 0 unspecified atom stereocenters. The number of hydrogen-bond acceptors (Lipinski definition) is 5. The Morgan fingerprint density at radius 1 is 1.19 bits per heavy atom. The molecule has 84 valence electrons. The summed E-state index contributed by atoms with van der Waals surface area (Å²) >= 11 is 5.79. The van der Waals surface area contributed by atoms with Gasteiger partial charge in [-0.1, -0.05) is 11.6 Å². The van der Waals surface area contributed by atoms with Gasteiger partial charge in [0, 0.05) is 13.1 Å². The van der Waals surface area contributed by atoms with Crippen LogP contribution in [0.1, 0.15) is 0 Å². The van der Waals surface area contributed by atoms with E-state index in [0.717, 1.165) is 13.1 Å². The largest absolute Gasteiger partial charge is 0.422 e. The predicted molar refractivity (Wildman–Crippen MR) is 59.8 cm³/mol. The molecule has 0 N–H and O–H groups in total. The molecule has 1 saturated heterocycles. The Kier molecular flexibility index (Phi) is 2.41. The standard InChI is InChI=1S/C10H10ClN3O2/c11-8-2-1-7-9(12-8)13-10(16-7)14-3-5-15-6-4-14/h1-2H,3-6H2. The number of fused-ring (bicyclic) bond motifs is 1. The molecule has 1 aliphatic heterocycles. The first-order valence-electron chi connectivity index (χ1n) is 5.09. The molecule has 2 aromatic rings. The molecule has 1 aliphatic rings. The lowest BCUT2D eigenvalue weighted by Crippen LogP contribution is -2.36. The average Bonchev–Trinajstić information content (AvgIpc) is 2.73. The molecule has 5 nitrogen and oxygen atoms in total. The second kappa shape index (κ2) is 3.92. The highest BCUT2D eigenvalue weighted by Gasteiger charge is 2.17. The summed E-state index contributed by atoms with van der Waals surface area (Å²) < 4.78 is 10.9. The van der Waals surface area contributed by atoms with E-state index in [0.29, 0.717) is 35.6 Å². The van der Waals surface area contributed by atoms with Gasteiger partial charge in [-0.3, -0.25) is 0 Å². The van der Waals surface area contributed by atoms with Gasteiger partial charge in [-0.25, -0.2) is 4.98 Å². The number of hydrogen-bond donors (Lipinski definition) is 0. The molecule has 0 aromatic carbocycles. The molecule has 0 aliphatic carbocycles. The maximum atomic E-state index is 5.79. The molecule has 6 heteroatoms. The number of aromatic nitrogens is 2. The van der Waals surface area contributed by atoms with Crippen LogP contribution in [0.3, 0.4) is 0 Å². The zero-order valence-corrected chi connectivity index (χ0v) is 9.28. The maximum Gasteiger partial charge on any atom is 0.300 e. The van der Waals surface area contributed by atoms with Gasteiger partial charge < -0.3 is 14.1 Å². The van der Waals surface area contributed by atoms with Crippen LogP contribution in [0.5, 0.6) is 0 Å². The molecule has 1 fully saturated rings. The van der Waals surface area contributed by atoms with Crippen molar-refractivity contribution in [3.05, 3.63) is 17.3 Å². The summed E-state index contributed by atoms with van der Waals surface area (Å²) in [4.78, 5) is 10.4. The number of morpholine rings is 1. The van der Waals surface area contributed by atoms with Crippen molar-refractivity contribution in [2.45, 2.75) is 0 Å². The van der Waals surface area contributed by atoms with Crippen molar-refractivity contribution in [2.24, 2.45) is 0 Å². The molecule has 0 atom stereocenters. The lowest BCUT2D eigenvalue weighted by molar-refractivity contribution is 0.120. The van der Waals surface area contributed by atoms with Gasteiger partial charge in [0.1, 0.15) is 5.15 Å². The first-order valence-corrected chi connectivity index (χ1v) is 5.46. The fourth-order valence-corrected chi connectivity index (χ4v) is 1.82. The smallest absolute Gasteiger partial charge is 0.300 e. The normalized spacial score (nSPS) is 16.9. The van der Waals surface area contributed by atoms with Crippen molar-refractivity contribution in [2.75, 3.05) is 31.2 Å². The van der Waals surface area contributed by atoms with Crippen LogP contribution in [0, 0.1) is 0 Å². The van der Waals surface area contributed by atoms with Crippen molar-refractivity contribution in [3.8, 4) is 0 Å². The summed E-state index contributed by atoms with van der Waals surface area (Å²) in [6.07, 6.45) is 0. The highest BCUT2D eigenvalue weighted by Crippen LogP contribution is 2.22. The van der Waals surface area contributed by atoms with Gasteiger partial charge >= 0.3 is 0 Å². The number of anilines is 1. The molecule has 0 bridgehead atoms.